The molecule has 2 aliphatic carbocycles. The van der Waals surface area contributed by atoms with Crippen LogP contribution in [0.3, 0.4) is 0 Å². The first-order chi connectivity index (χ1) is 21.6. The van der Waals surface area contributed by atoms with Crippen LogP contribution >= 0.6 is 0 Å². The standard InChI is InChI=1S/C21H25.C19H22.C5H5.Zr/c1-20(2,3)16-9-7-14-11-15-8-10-17(21(4,5)6)13-19(15)18(14)12-16;1-18(2,16-11-7-5-8-12-16)15-19(3,4)17-13-9-6-10-14-17;1-2-4-5-3-1;/h7-13H,1-6H3;5-14H,1-4H3;1-3H,4H2;. The van der Waals surface area contributed by atoms with E-state index >= 15 is 0 Å². The second kappa shape index (κ2) is 12.0. The quantitative estimate of drug-likeness (QED) is 0.190. The van der Waals surface area contributed by atoms with Crippen molar-refractivity contribution in [2.24, 2.45) is 0 Å². The van der Waals surface area contributed by atoms with Crippen LogP contribution in [0.4, 0.5) is 0 Å². The summed E-state index contributed by atoms with van der Waals surface area (Å²) in [4.78, 5) is 0. The first-order valence-corrected chi connectivity index (χ1v) is 21.0. The van der Waals surface area contributed by atoms with Crippen LogP contribution in [0.15, 0.2) is 119 Å². The van der Waals surface area contributed by atoms with Crippen molar-refractivity contribution in [1.82, 2.24) is 0 Å². The maximum atomic E-state index is 2.55. The second-order valence-electron chi connectivity index (χ2n) is 16.6. The van der Waals surface area contributed by atoms with Crippen LogP contribution in [0.2, 0.25) is 0 Å². The van der Waals surface area contributed by atoms with Crippen LogP contribution in [0.1, 0.15) is 113 Å². The molecule has 0 fully saturated rings. The summed E-state index contributed by atoms with van der Waals surface area (Å²) in [6, 6.07) is 37.7. The molecule has 0 unspecified atom stereocenters. The molecule has 0 atom stereocenters. The maximum absolute atomic E-state index is 2.80. The number of hydrogen-bond acceptors (Lipinski definition) is 0. The van der Waals surface area contributed by atoms with Gasteiger partial charge in [-0.3, -0.25) is 0 Å². The minimum atomic E-state index is -2.80. The van der Waals surface area contributed by atoms with Crippen LogP contribution in [0, 0.1) is 0 Å². The predicted molar refractivity (Wildman–Crippen MR) is 197 cm³/mol. The predicted octanol–water partition coefficient (Wildman–Crippen LogP) is 11.9. The Balaban J connectivity index is 1.75. The van der Waals surface area contributed by atoms with Gasteiger partial charge in [0.05, 0.1) is 0 Å². The van der Waals surface area contributed by atoms with Crippen molar-refractivity contribution in [3.63, 3.8) is 0 Å². The van der Waals surface area contributed by atoms with Gasteiger partial charge in [0, 0.05) is 0 Å². The number of fused-ring (bicyclic) bond motifs is 3. The van der Waals surface area contributed by atoms with E-state index in [4.69, 9.17) is 0 Å². The molecule has 0 amide bonds. The fourth-order valence-electron chi connectivity index (χ4n) is 8.08. The first-order valence-electron chi connectivity index (χ1n) is 17.1. The first kappa shape index (κ1) is 33.0. The van der Waals surface area contributed by atoms with Crippen LogP contribution in [0.5, 0.6) is 0 Å². The molecular formula is C45H52Zr. The topological polar surface area (TPSA) is 0 Å². The van der Waals surface area contributed by atoms with E-state index in [9.17, 15) is 0 Å². The van der Waals surface area contributed by atoms with Gasteiger partial charge < -0.3 is 0 Å². The molecular weight excluding hydrogens is 632 g/mol. The van der Waals surface area contributed by atoms with Gasteiger partial charge >= 0.3 is 288 Å². The third-order valence-corrected chi connectivity index (χ3v) is 20.6. The van der Waals surface area contributed by atoms with E-state index in [-0.39, 0.29) is 21.7 Å². The molecule has 46 heavy (non-hydrogen) atoms. The Morgan fingerprint density at radius 1 is 0.543 bits per heavy atom. The molecule has 0 saturated heterocycles. The number of benzene rings is 4. The summed E-state index contributed by atoms with van der Waals surface area (Å²) in [6.07, 6.45) is 8.33. The molecule has 2 aliphatic rings. The van der Waals surface area contributed by atoms with Crippen molar-refractivity contribution in [1.29, 1.82) is 0 Å². The molecule has 0 N–H and O–H groups in total. The summed E-state index contributed by atoms with van der Waals surface area (Å²) in [6.45, 7) is 24.2. The van der Waals surface area contributed by atoms with E-state index in [0.29, 0.717) is 3.63 Å². The van der Waals surface area contributed by atoms with Crippen molar-refractivity contribution in [2.75, 3.05) is 0 Å². The zero-order chi connectivity index (χ0) is 33.1. The molecule has 0 spiro atoms. The Hall–Kier alpha value is -2.89. The Morgan fingerprint density at radius 3 is 1.35 bits per heavy atom. The fraction of sp³-hybridized carbons (Fsp3) is 0.356. The van der Waals surface area contributed by atoms with Crippen molar-refractivity contribution < 1.29 is 21.3 Å². The van der Waals surface area contributed by atoms with Gasteiger partial charge in [0.1, 0.15) is 0 Å². The van der Waals surface area contributed by atoms with Gasteiger partial charge in [-0.1, -0.05) is 0 Å². The van der Waals surface area contributed by atoms with Crippen LogP contribution < -0.4 is 0 Å². The number of hydrogen-bond donors (Lipinski definition) is 0. The average Bonchev–Trinajstić information content (AvgIpc) is 3.66. The van der Waals surface area contributed by atoms with Crippen molar-refractivity contribution >= 4 is 3.21 Å². The summed E-state index contributed by atoms with van der Waals surface area (Å²) in [5.74, 6) is 0. The third kappa shape index (κ3) is 5.88. The molecule has 4 aromatic rings. The molecule has 6 rings (SSSR count). The van der Waals surface area contributed by atoms with Crippen molar-refractivity contribution in [2.45, 2.75) is 101 Å². The van der Waals surface area contributed by atoms with Gasteiger partial charge in [-0.15, -0.1) is 0 Å². The van der Waals surface area contributed by atoms with Gasteiger partial charge in [-0.2, -0.15) is 0 Å². The van der Waals surface area contributed by atoms with Gasteiger partial charge in [0.2, 0.25) is 0 Å². The average molecular weight is 684 g/mol. The Bertz CT molecular complexity index is 1730. The summed E-state index contributed by atoms with van der Waals surface area (Å²) in [7, 11) is 0. The normalized spacial score (nSPS) is 15.0. The molecule has 236 valence electrons. The SMILES string of the molecule is CC(C)(C)c1ccc2c(c1)-c1cc(C(C)(C)C)ccc1[CH]2[Zr]([C]1=CC=CC1)=[C](C(C)(C)c1ccccc1)C(C)(C)c1ccccc1. The van der Waals surface area contributed by atoms with E-state index in [1.54, 1.807) is 17.6 Å². The van der Waals surface area contributed by atoms with E-state index < -0.39 is 21.3 Å². The number of allylic oxidation sites excluding steroid dienone is 4. The van der Waals surface area contributed by atoms with E-state index in [0.717, 1.165) is 6.42 Å². The summed E-state index contributed by atoms with van der Waals surface area (Å²) in [5.41, 5.74) is 11.7. The third-order valence-electron chi connectivity index (χ3n) is 10.7. The molecule has 4 aromatic carbocycles. The summed E-state index contributed by atoms with van der Waals surface area (Å²) in [5, 5.41) is 0. The van der Waals surface area contributed by atoms with Gasteiger partial charge in [-0.05, 0) is 0 Å². The van der Waals surface area contributed by atoms with Crippen molar-refractivity contribution in [3.05, 3.63) is 152 Å². The van der Waals surface area contributed by atoms with Crippen molar-refractivity contribution in [3.8, 4) is 11.1 Å². The Labute approximate surface area is 286 Å². The van der Waals surface area contributed by atoms with Crippen LogP contribution in [-0.2, 0) is 42.9 Å². The molecule has 0 heterocycles. The molecule has 0 radical (unpaired) electrons. The molecule has 0 saturated carbocycles. The molecule has 1 heteroatoms. The minimum absolute atomic E-state index is 0.0935. The van der Waals surface area contributed by atoms with E-state index in [1.165, 1.54) is 33.4 Å². The molecule has 0 aromatic heterocycles. The summed E-state index contributed by atoms with van der Waals surface area (Å²) >= 11 is -2.80. The molecule has 0 bridgehead atoms. The fourth-order valence-corrected chi connectivity index (χ4v) is 18.8. The zero-order valence-corrected chi connectivity index (χ0v) is 32.2. The zero-order valence-electron chi connectivity index (χ0n) is 29.8. The monoisotopic (exact) mass is 682 g/mol. The Kier molecular flexibility index (Phi) is 8.60. The Morgan fingerprint density at radius 2 is 0.978 bits per heavy atom. The van der Waals surface area contributed by atoms with E-state index in [2.05, 4.69) is 185 Å². The van der Waals surface area contributed by atoms with Gasteiger partial charge in [0.25, 0.3) is 0 Å². The van der Waals surface area contributed by atoms with Crippen LogP contribution in [0.25, 0.3) is 11.1 Å². The summed E-state index contributed by atoms with van der Waals surface area (Å²) < 4.78 is 3.91. The van der Waals surface area contributed by atoms with Gasteiger partial charge in [0.15, 0.2) is 0 Å². The molecule has 0 aliphatic heterocycles. The van der Waals surface area contributed by atoms with Crippen LogP contribution in [-0.4, -0.2) is 3.21 Å². The van der Waals surface area contributed by atoms with E-state index in [1.807, 2.05) is 0 Å². The number of rotatable bonds is 6. The molecule has 0 nitrogen and oxygen atoms in total. The second-order valence-corrected chi connectivity index (χ2v) is 22.9. The van der Waals surface area contributed by atoms with Gasteiger partial charge in [-0.25, -0.2) is 0 Å².